The summed E-state index contributed by atoms with van der Waals surface area (Å²) in [5.74, 6) is -1.09. The van der Waals surface area contributed by atoms with Crippen LogP contribution in [0.15, 0.2) is 0 Å². The van der Waals surface area contributed by atoms with Gasteiger partial charge in [-0.1, -0.05) is 13.3 Å². The van der Waals surface area contributed by atoms with Crippen molar-refractivity contribution in [3.8, 4) is 0 Å². The summed E-state index contributed by atoms with van der Waals surface area (Å²) in [5, 5.41) is 2.27. The van der Waals surface area contributed by atoms with Crippen LogP contribution in [-0.4, -0.2) is 28.8 Å². The van der Waals surface area contributed by atoms with E-state index in [1.165, 1.54) is 4.90 Å². The maximum Gasteiger partial charge on any atom is 0.331 e. The van der Waals surface area contributed by atoms with E-state index in [2.05, 4.69) is 5.32 Å². The van der Waals surface area contributed by atoms with Crippen molar-refractivity contribution in [2.45, 2.75) is 45.6 Å². The minimum absolute atomic E-state index is 0.0987. The second-order valence-corrected chi connectivity index (χ2v) is 4.90. The van der Waals surface area contributed by atoms with Crippen molar-refractivity contribution in [1.82, 2.24) is 10.2 Å². The molecule has 0 aromatic rings. The van der Waals surface area contributed by atoms with Crippen molar-refractivity contribution < 1.29 is 14.4 Å². The zero-order valence-corrected chi connectivity index (χ0v) is 10.2. The number of carbonyl (C=O) groups is 3. The number of barbiturate groups is 1. The van der Waals surface area contributed by atoms with E-state index in [0.29, 0.717) is 12.3 Å². The van der Waals surface area contributed by atoms with Gasteiger partial charge in [0.1, 0.15) is 5.92 Å². The third-order valence-electron chi connectivity index (χ3n) is 3.95. The van der Waals surface area contributed by atoms with Crippen molar-refractivity contribution in [3.05, 3.63) is 0 Å². The normalized spacial score (nSPS) is 27.8. The Bertz CT molecular complexity index is 363. The van der Waals surface area contributed by atoms with Crippen LogP contribution in [-0.2, 0) is 9.59 Å². The van der Waals surface area contributed by atoms with Gasteiger partial charge in [-0.25, -0.2) is 4.79 Å². The monoisotopic (exact) mass is 238 g/mol. The van der Waals surface area contributed by atoms with Gasteiger partial charge in [-0.2, -0.15) is 0 Å². The molecular formula is C12H18N2O3. The molecule has 94 valence electrons. The van der Waals surface area contributed by atoms with Crippen molar-refractivity contribution in [1.29, 1.82) is 0 Å². The molecule has 1 aliphatic heterocycles. The van der Waals surface area contributed by atoms with Crippen LogP contribution in [0.5, 0.6) is 0 Å². The largest absolute Gasteiger partial charge is 0.331 e. The van der Waals surface area contributed by atoms with Gasteiger partial charge in [-0.15, -0.1) is 0 Å². The number of urea groups is 1. The summed E-state index contributed by atoms with van der Waals surface area (Å²) >= 11 is 0. The molecule has 0 bridgehead atoms. The Morgan fingerprint density at radius 3 is 2.47 bits per heavy atom. The van der Waals surface area contributed by atoms with E-state index in [4.69, 9.17) is 0 Å². The number of amides is 4. The van der Waals surface area contributed by atoms with Crippen LogP contribution in [0.2, 0.25) is 0 Å². The molecule has 0 radical (unpaired) electrons. The van der Waals surface area contributed by atoms with Crippen molar-refractivity contribution >= 4 is 17.8 Å². The number of carbonyl (C=O) groups excluding carboxylic acids is 3. The van der Waals surface area contributed by atoms with Crippen LogP contribution in [0.3, 0.4) is 0 Å². The highest BCUT2D eigenvalue weighted by Crippen LogP contribution is 2.33. The first-order chi connectivity index (χ1) is 8.06. The van der Waals surface area contributed by atoms with Crippen LogP contribution in [0.1, 0.15) is 39.5 Å². The molecule has 1 saturated carbocycles. The maximum atomic E-state index is 12.1. The molecule has 1 N–H and O–H groups in total. The molecule has 2 atom stereocenters. The molecule has 5 heteroatoms. The molecule has 1 heterocycles. The second kappa shape index (κ2) is 4.47. The van der Waals surface area contributed by atoms with Gasteiger partial charge in [0.2, 0.25) is 11.8 Å². The van der Waals surface area contributed by atoms with Crippen LogP contribution in [0.4, 0.5) is 4.79 Å². The van der Waals surface area contributed by atoms with Gasteiger partial charge >= 0.3 is 6.03 Å². The van der Waals surface area contributed by atoms with Crippen molar-refractivity contribution in [2.75, 3.05) is 0 Å². The van der Waals surface area contributed by atoms with Crippen LogP contribution in [0.25, 0.3) is 0 Å². The molecule has 2 unspecified atom stereocenters. The SMILES string of the molecule is CCC1C(=O)NC(=O)N(C(C)C2CCC2)C1=O. The van der Waals surface area contributed by atoms with Crippen molar-refractivity contribution in [2.24, 2.45) is 11.8 Å². The highest BCUT2D eigenvalue weighted by Gasteiger charge is 2.43. The number of rotatable bonds is 3. The van der Waals surface area contributed by atoms with E-state index in [1.807, 2.05) is 6.92 Å². The van der Waals surface area contributed by atoms with Crippen molar-refractivity contribution in [3.63, 3.8) is 0 Å². The first-order valence-corrected chi connectivity index (χ1v) is 6.24. The molecule has 5 nitrogen and oxygen atoms in total. The Kier molecular flexibility index (Phi) is 3.17. The zero-order valence-electron chi connectivity index (χ0n) is 10.2. The molecule has 17 heavy (non-hydrogen) atoms. The van der Waals surface area contributed by atoms with Crippen LogP contribution in [0, 0.1) is 11.8 Å². The molecule has 0 aromatic carbocycles. The van der Waals surface area contributed by atoms with E-state index >= 15 is 0 Å². The van der Waals surface area contributed by atoms with Gasteiger partial charge in [0.05, 0.1) is 0 Å². The summed E-state index contributed by atoms with van der Waals surface area (Å²) in [7, 11) is 0. The molecule has 0 aromatic heterocycles. The number of nitrogens with zero attached hydrogens (tertiary/aromatic N) is 1. The van der Waals surface area contributed by atoms with Crippen LogP contribution < -0.4 is 5.32 Å². The smallest absolute Gasteiger partial charge is 0.277 e. The fourth-order valence-electron chi connectivity index (χ4n) is 2.51. The summed E-state index contributed by atoms with van der Waals surface area (Å²) in [4.78, 5) is 36.6. The lowest BCUT2D eigenvalue weighted by atomic mass is 9.79. The lowest BCUT2D eigenvalue weighted by Gasteiger charge is -2.40. The van der Waals surface area contributed by atoms with E-state index in [-0.39, 0.29) is 11.9 Å². The Morgan fingerprint density at radius 1 is 1.35 bits per heavy atom. The number of hydrogen-bond donors (Lipinski definition) is 1. The maximum absolute atomic E-state index is 12.1. The van der Waals surface area contributed by atoms with E-state index < -0.39 is 17.9 Å². The number of nitrogens with one attached hydrogen (secondary N) is 1. The first-order valence-electron chi connectivity index (χ1n) is 6.24. The summed E-state index contributed by atoms with van der Waals surface area (Å²) in [6.07, 6.45) is 3.71. The molecule has 1 saturated heterocycles. The summed E-state index contributed by atoms with van der Waals surface area (Å²) in [6, 6.07) is -0.650. The van der Waals surface area contributed by atoms with Gasteiger partial charge in [-0.3, -0.25) is 19.8 Å². The van der Waals surface area contributed by atoms with Gasteiger partial charge in [0.25, 0.3) is 0 Å². The molecule has 2 fully saturated rings. The average Bonchev–Trinajstić information content (AvgIpc) is 2.14. The second-order valence-electron chi connectivity index (χ2n) is 4.90. The minimum atomic E-state index is -0.699. The third-order valence-corrected chi connectivity index (χ3v) is 3.95. The third kappa shape index (κ3) is 1.94. The fraction of sp³-hybridized carbons (Fsp3) is 0.750. The predicted octanol–water partition coefficient (Wildman–Crippen LogP) is 1.28. The summed E-state index contributed by atoms with van der Waals surface area (Å²) < 4.78 is 0. The van der Waals surface area contributed by atoms with E-state index in [0.717, 1.165) is 19.3 Å². The molecule has 0 spiro atoms. The highest BCUT2D eigenvalue weighted by molar-refractivity contribution is 6.16. The molecule has 1 aliphatic carbocycles. The standard InChI is InChI=1S/C12H18N2O3/c1-3-9-10(15)13-12(17)14(11(9)16)7(2)8-5-4-6-8/h7-9H,3-6H2,1-2H3,(H,13,15,17). The average molecular weight is 238 g/mol. The quantitative estimate of drug-likeness (QED) is 0.753. The molecule has 2 rings (SSSR count). The summed E-state index contributed by atoms with van der Waals surface area (Å²) in [5.41, 5.74) is 0. The van der Waals surface area contributed by atoms with Crippen LogP contribution >= 0.6 is 0 Å². The van der Waals surface area contributed by atoms with Gasteiger partial charge in [-0.05, 0) is 32.1 Å². The molecule has 4 amide bonds. The van der Waals surface area contributed by atoms with Gasteiger partial charge < -0.3 is 0 Å². The lowest BCUT2D eigenvalue weighted by molar-refractivity contribution is -0.145. The highest BCUT2D eigenvalue weighted by atomic mass is 16.2. The Balaban J connectivity index is 2.16. The lowest BCUT2D eigenvalue weighted by Crippen LogP contribution is -2.61. The Hall–Kier alpha value is -1.39. The minimum Gasteiger partial charge on any atom is -0.277 e. The zero-order chi connectivity index (χ0) is 12.6. The Morgan fingerprint density at radius 2 is 2.00 bits per heavy atom. The first kappa shape index (κ1) is 12.1. The molecule has 2 aliphatic rings. The molecular weight excluding hydrogens is 220 g/mol. The predicted molar refractivity (Wildman–Crippen MR) is 61.0 cm³/mol. The Labute approximate surface area is 101 Å². The van der Waals surface area contributed by atoms with Gasteiger partial charge in [0, 0.05) is 6.04 Å². The summed E-state index contributed by atoms with van der Waals surface area (Å²) in [6.45, 7) is 3.67. The van der Waals surface area contributed by atoms with Gasteiger partial charge in [0.15, 0.2) is 0 Å². The van der Waals surface area contributed by atoms with E-state index in [9.17, 15) is 14.4 Å². The topological polar surface area (TPSA) is 66.5 Å². The number of hydrogen-bond acceptors (Lipinski definition) is 3. The fourth-order valence-corrected chi connectivity index (χ4v) is 2.51. The number of imide groups is 2. The van der Waals surface area contributed by atoms with E-state index in [1.54, 1.807) is 6.92 Å².